The highest BCUT2D eigenvalue weighted by molar-refractivity contribution is 5.88. The van der Waals surface area contributed by atoms with E-state index in [2.05, 4.69) is 5.32 Å². The van der Waals surface area contributed by atoms with Gasteiger partial charge in [-0.2, -0.15) is 0 Å². The number of hydrogen-bond donors (Lipinski definition) is 1. The Morgan fingerprint density at radius 2 is 1.54 bits per heavy atom. The number of aryl methyl sites for hydroxylation is 1. The Hall–Kier alpha value is -3.02. The Labute approximate surface area is 211 Å². The lowest BCUT2D eigenvalue weighted by atomic mass is 10.0. The molecule has 0 saturated carbocycles. The van der Waals surface area contributed by atoms with Crippen LogP contribution in [0.3, 0.4) is 0 Å². The minimum Gasteiger partial charge on any atom is -0.490 e. The highest BCUT2D eigenvalue weighted by atomic mass is 16.5. The summed E-state index contributed by atoms with van der Waals surface area (Å²) in [7, 11) is 0. The monoisotopic (exact) mass is 482 g/mol. The number of amides is 2. The van der Waals surface area contributed by atoms with E-state index in [1.165, 1.54) is 0 Å². The maximum Gasteiger partial charge on any atom is 0.243 e. The molecular weight excluding hydrogens is 440 g/mol. The molecule has 0 aliphatic rings. The molecule has 0 aliphatic heterocycles. The Morgan fingerprint density at radius 3 is 2.14 bits per heavy atom. The lowest BCUT2D eigenvalue weighted by Gasteiger charge is -2.33. The molecule has 2 aromatic rings. The maximum atomic E-state index is 13.5. The summed E-state index contributed by atoms with van der Waals surface area (Å²) in [6, 6.07) is 15.4. The van der Waals surface area contributed by atoms with Gasteiger partial charge in [0.2, 0.25) is 11.8 Å². The van der Waals surface area contributed by atoms with Crippen LogP contribution in [0.4, 0.5) is 0 Å². The lowest BCUT2D eigenvalue weighted by molar-refractivity contribution is -0.141. The predicted molar refractivity (Wildman–Crippen MR) is 141 cm³/mol. The van der Waals surface area contributed by atoms with Gasteiger partial charge < -0.3 is 19.7 Å². The van der Waals surface area contributed by atoms with Crippen molar-refractivity contribution in [1.82, 2.24) is 10.2 Å². The molecule has 2 amide bonds. The molecule has 0 saturated heterocycles. The highest BCUT2D eigenvalue weighted by Crippen LogP contribution is 2.29. The summed E-state index contributed by atoms with van der Waals surface area (Å²) in [5.74, 6) is 1.26. The van der Waals surface area contributed by atoms with E-state index in [1.807, 2.05) is 90.1 Å². The summed E-state index contributed by atoms with van der Waals surface area (Å²) in [5.41, 5.74) is 1.78. The van der Waals surface area contributed by atoms with Gasteiger partial charge in [0.15, 0.2) is 11.5 Å². The van der Waals surface area contributed by atoms with Gasteiger partial charge >= 0.3 is 0 Å². The molecule has 192 valence electrons. The first-order chi connectivity index (χ1) is 16.7. The third-order valence-corrected chi connectivity index (χ3v) is 5.60. The average Bonchev–Trinajstić information content (AvgIpc) is 2.81. The van der Waals surface area contributed by atoms with Crippen molar-refractivity contribution in [3.63, 3.8) is 0 Å². The number of hydrogen-bond acceptors (Lipinski definition) is 4. The van der Waals surface area contributed by atoms with Crippen LogP contribution in [0.1, 0.15) is 65.5 Å². The van der Waals surface area contributed by atoms with Crippen molar-refractivity contribution in [3.05, 3.63) is 59.7 Å². The fourth-order valence-electron chi connectivity index (χ4n) is 3.99. The van der Waals surface area contributed by atoms with Crippen molar-refractivity contribution in [2.75, 3.05) is 19.8 Å². The van der Waals surface area contributed by atoms with E-state index in [0.717, 1.165) is 11.1 Å². The van der Waals surface area contributed by atoms with Crippen molar-refractivity contribution in [1.29, 1.82) is 0 Å². The summed E-state index contributed by atoms with van der Waals surface area (Å²) >= 11 is 0. The van der Waals surface area contributed by atoms with E-state index >= 15 is 0 Å². The summed E-state index contributed by atoms with van der Waals surface area (Å²) in [6.45, 7) is 13.3. The van der Waals surface area contributed by atoms with Crippen LogP contribution in [-0.2, 0) is 22.4 Å². The number of carbonyl (C=O) groups is 2. The van der Waals surface area contributed by atoms with Gasteiger partial charge in [0.1, 0.15) is 6.04 Å². The molecule has 0 fully saturated rings. The van der Waals surface area contributed by atoms with Gasteiger partial charge in [0.25, 0.3) is 0 Å². The fraction of sp³-hybridized carbons (Fsp3) is 0.517. The van der Waals surface area contributed by atoms with E-state index in [0.29, 0.717) is 56.9 Å². The average molecular weight is 483 g/mol. The molecular formula is C29H42N2O4. The molecule has 1 atom stereocenters. The second-order valence-electron chi connectivity index (χ2n) is 9.63. The predicted octanol–water partition coefficient (Wildman–Crippen LogP) is 5.18. The molecule has 35 heavy (non-hydrogen) atoms. The molecule has 0 radical (unpaired) electrons. The minimum absolute atomic E-state index is 0.0244. The SMILES string of the molecule is CCOc1ccc(CCC(=O)N(CCc2ccccc2)[C@H](CC)C(=O)NC(C)(C)C)cc1OCC. The molecule has 6 heteroatoms. The minimum atomic E-state index is -0.509. The Morgan fingerprint density at radius 1 is 0.886 bits per heavy atom. The Kier molecular flexibility index (Phi) is 11.1. The smallest absolute Gasteiger partial charge is 0.243 e. The molecule has 6 nitrogen and oxygen atoms in total. The van der Waals surface area contributed by atoms with Crippen LogP contribution >= 0.6 is 0 Å². The molecule has 0 bridgehead atoms. The first-order valence-corrected chi connectivity index (χ1v) is 12.7. The van der Waals surface area contributed by atoms with Gasteiger partial charge in [-0.3, -0.25) is 9.59 Å². The molecule has 2 rings (SSSR count). The van der Waals surface area contributed by atoms with Crippen molar-refractivity contribution in [2.45, 2.75) is 78.8 Å². The molecule has 0 aliphatic carbocycles. The zero-order valence-electron chi connectivity index (χ0n) is 22.2. The molecule has 0 heterocycles. The number of benzene rings is 2. The molecule has 2 aromatic carbocycles. The maximum absolute atomic E-state index is 13.5. The molecule has 0 spiro atoms. The van der Waals surface area contributed by atoms with Crippen molar-refractivity contribution in [2.24, 2.45) is 0 Å². The number of nitrogens with zero attached hydrogens (tertiary/aromatic N) is 1. The summed E-state index contributed by atoms with van der Waals surface area (Å²) in [5, 5.41) is 3.05. The van der Waals surface area contributed by atoms with E-state index in [-0.39, 0.29) is 17.4 Å². The zero-order valence-corrected chi connectivity index (χ0v) is 22.2. The molecule has 1 N–H and O–H groups in total. The normalized spacial score (nSPS) is 12.1. The lowest BCUT2D eigenvalue weighted by Crippen LogP contribution is -2.54. The second kappa shape index (κ2) is 13.8. The van der Waals surface area contributed by atoms with Gasteiger partial charge in [-0.15, -0.1) is 0 Å². The van der Waals surface area contributed by atoms with Crippen molar-refractivity contribution >= 4 is 11.8 Å². The van der Waals surface area contributed by atoms with E-state index in [4.69, 9.17) is 9.47 Å². The standard InChI is InChI=1S/C29H42N2O4/c1-7-24(28(33)30-29(4,5)6)31(20-19-22-13-11-10-12-14-22)27(32)18-16-23-15-17-25(34-8-2)26(21-23)35-9-3/h10-15,17,21,24H,7-9,16,18-20H2,1-6H3,(H,30,33)/t24-/m1/s1. The van der Waals surface area contributed by atoms with Crippen LogP contribution in [0.15, 0.2) is 48.5 Å². The molecule has 0 aromatic heterocycles. The second-order valence-corrected chi connectivity index (χ2v) is 9.63. The number of carbonyl (C=O) groups excluding carboxylic acids is 2. The largest absolute Gasteiger partial charge is 0.490 e. The van der Waals surface area contributed by atoms with E-state index in [9.17, 15) is 9.59 Å². The first kappa shape index (κ1) is 28.2. The van der Waals surface area contributed by atoms with Crippen LogP contribution < -0.4 is 14.8 Å². The number of ether oxygens (including phenoxy) is 2. The van der Waals surface area contributed by atoms with E-state index in [1.54, 1.807) is 4.90 Å². The third-order valence-electron chi connectivity index (χ3n) is 5.60. The van der Waals surface area contributed by atoms with Gasteiger partial charge in [0.05, 0.1) is 13.2 Å². The molecule has 0 unspecified atom stereocenters. The van der Waals surface area contributed by atoms with Crippen LogP contribution in [0, 0.1) is 0 Å². The van der Waals surface area contributed by atoms with Gasteiger partial charge in [-0.1, -0.05) is 43.3 Å². The first-order valence-electron chi connectivity index (χ1n) is 12.7. The third kappa shape index (κ3) is 9.27. The van der Waals surface area contributed by atoms with Crippen molar-refractivity contribution in [3.8, 4) is 11.5 Å². The summed E-state index contributed by atoms with van der Waals surface area (Å²) < 4.78 is 11.4. The van der Waals surface area contributed by atoms with Crippen LogP contribution in [-0.4, -0.2) is 48.1 Å². The van der Waals surface area contributed by atoms with E-state index < -0.39 is 6.04 Å². The van der Waals surface area contributed by atoms with Crippen LogP contribution in [0.25, 0.3) is 0 Å². The number of nitrogens with one attached hydrogen (secondary N) is 1. The number of rotatable bonds is 13. The fourth-order valence-corrected chi connectivity index (χ4v) is 3.99. The van der Waals surface area contributed by atoms with Crippen LogP contribution in [0.5, 0.6) is 11.5 Å². The Bertz CT molecular complexity index is 937. The summed E-state index contributed by atoms with van der Waals surface area (Å²) in [6.07, 6.45) is 2.13. The quantitative estimate of drug-likeness (QED) is 0.427. The van der Waals surface area contributed by atoms with Gasteiger partial charge in [-0.05, 0) is 77.1 Å². The zero-order chi connectivity index (χ0) is 25.8. The van der Waals surface area contributed by atoms with Gasteiger partial charge in [-0.25, -0.2) is 0 Å². The summed E-state index contributed by atoms with van der Waals surface area (Å²) in [4.78, 5) is 28.3. The van der Waals surface area contributed by atoms with Crippen molar-refractivity contribution < 1.29 is 19.1 Å². The topological polar surface area (TPSA) is 67.9 Å². The Balaban J connectivity index is 2.18. The van der Waals surface area contributed by atoms with Gasteiger partial charge in [0, 0.05) is 18.5 Å². The highest BCUT2D eigenvalue weighted by Gasteiger charge is 2.30. The van der Waals surface area contributed by atoms with Crippen LogP contribution in [0.2, 0.25) is 0 Å².